The highest BCUT2D eigenvalue weighted by Crippen LogP contribution is 2.12. The Bertz CT molecular complexity index is 248. The van der Waals surface area contributed by atoms with Gasteiger partial charge in [0.2, 0.25) is 5.91 Å². The van der Waals surface area contributed by atoms with E-state index in [0.717, 1.165) is 13.0 Å². The van der Waals surface area contributed by atoms with E-state index in [9.17, 15) is 4.79 Å². The molecule has 4 heteroatoms. The van der Waals surface area contributed by atoms with Crippen molar-refractivity contribution in [3.63, 3.8) is 0 Å². The fourth-order valence-electron chi connectivity index (χ4n) is 2.43. The third-order valence-electron chi connectivity index (χ3n) is 3.66. The lowest BCUT2D eigenvalue weighted by atomic mass is 10.1. The van der Waals surface area contributed by atoms with Crippen LogP contribution < -0.4 is 0 Å². The lowest BCUT2D eigenvalue weighted by Gasteiger charge is -2.32. The van der Waals surface area contributed by atoms with Gasteiger partial charge in [-0.2, -0.15) is 0 Å². The van der Waals surface area contributed by atoms with Gasteiger partial charge in [0.1, 0.15) is 0 Å². The lowest BCUT2D eigenvalue weighted by Crippen LogP contribution is -2.46. The van der Waals surface area contributed by atoms with Crippen molar-refractivity contribution >= 4 is 17.5 Å². The van der Waals surface area contributed by atoms with Crippen LogP contribution in [0.15, 0.2) is 0 Å². The zero-order chi connectivity index (χ0) is 13.9. The van der Waals surface area contributed by atoms with Gasteiger partial charge in [-0.15, -0.1) is 11.6 Å². The van der Waals surface area contributed by atoms with Gasteiger partial charge in [0.25, 0.3) is 0 Å². The average Bonchev–Trinajstić information content (AvgIpc) is 2.46. The van der Waals surface area contributed by atoms with E-state index in [4.69, 9.17) is 16.3 Å². The fourth-order valence-corrected chi connectivity index (χ4v) is 2.62. The first kappa shape index (κ1) is 16.8. The molecule has 112 valence electrons. The molecule has 19 heavy (non-hydrogen) atoms. The molecule has 3 nitrogen and oxygen atoms in total. The van der Waals surface area contributed by atoms with Gasteiger partial charge in [0, 0.05) is 19.5 Å². The van der Waals surface area contributed by atoms with Gasteiger partial charge in [-0.05, 0) is 6.42 Å². The molecule has 1 atom stereocenters. The highest BCUT2D eigenvalue weighted by atomic mass is 35.5. The molecule has 1 amide bonds. The third-order valence-corrected chi connectivity index (χ3v) is 4.00. The zero-order valence-electron chi connectivity index (χ0n) is 12.2. The molecule has 0 bridgehead atoms. The number of hydrogen-bond acceptors (Lipinski definition) is 2. The molecule has 0 saturated carbocycles. The number of carbonyl (C=O) groups excluding carboxylic acids is 1. The third kappa shape index (κ3) is 7.17. The van der Waals surface area contributed by atoms with Crippen LogP contribution in [0.1, 0.15) is 58.3 Å². The first-order valence-corrected chi connectivity index (χ1v) is 8.26. The summed E-state index contributed by atoms with van der Waals surface area (Å²) in [6.45, 7) is 4.25. The predicted molar refractivity (Wildman–Crippen MR) is 79.7 cm³/mol. The molecule has 0 N–H and O–H groups in total. The summed E-state index contributed by atoms with van der Waals surface area (Å²) in [5.41, 5.74) is 0. The topological polar surface area (TPSA) is 29.5 Å². The van der Waals surface area contributed by atoms with E-state index in [0.29, 0.717) is 25.5 Å². The molecule has 1 fully saturated rings. The SMILES string of the molecule is CCCCCCCCCC(=O)N1CCOC(CCl)C1. The molecule has 1 heterocycles. The van der Waals surface area contributed by atoms with Crippen LogP contribution in [0.3, 0.4) is 0 Å². The molecule has 0 aromatic carbocycles. The Morgan fingerprint density at radius 1 is 1.21 bits per heavy atom. The van der Waals surface area contributed by atoms with Gasteiger partial charge < -0.3 is 9.64 Å². The average molecular weight is 290 g/mol. The minimum absolute atomic E-state index is 0.0217. The number of unbranched alkanes of at least 4 members (excludes halogenated alkanes) is 6. The summed E-state index contributed by atoms with van der Waals surface area (Å²) in [5.74, 6) is 0.744. The summed E-state index contributed by atoms with van der Waals surface area (Å²) in [4.78, 5) is 13.9. The molecular formula is C15H28ClNO2. The first-order chi connectivity index (χ1) is 9.27. The molecule has 0 spiro atoms. The number of alkyl halides is 1. The second-order valence-corrected chi connectivity index (χ2v) is 5.67. The van der Waals surface area contributed by atoms with Crippen LogP contribution in [0.4, 0.5) is 0 Å². The standard InChI is InChI=1S/C15H28ClNO2/c1-2-3-4-5-6-7-8-9-15(18)17-10-11-19-14(12-16)13-17/h14H,2-13H2,1H3. The van der Waals surface area contributed by atoms with E-state index in [-0.39, 0.29) is 12.0 Å². The van der Waals surface area contributed by atoms with Crippen molar-refractivity contribution in [3.05, 3.63) is 0 Å². The van der Waals surface area contributed by atoms with Crippen LogP contribution >= 0.6 is 11.6 Å². The Kier molecular flexibility index (Phi) is 9.27. The molecule has 0 radical (unpaired) electrons. The Morgan fingerprint density at radius 3 is 2.58 bits per heavy atom. The highest BCUT2D eigenvalue weighted by molar-refractivity contribution is 6.18. The molecule has 1 aliphatic rings. The van der Waals surface area contributed by atoms with Crippen molar-refractivity contribution in [2.45, 2.75) is 64.4 Å². The minimum Gasteiger partial charge on any atom is -0.373 e. The largest absolute Gasteiger partial charge is 0.373 e. The summed E-state index contributed by atoms with van der Waals surface area (Å²) >= 11 is 5.77. The number of morpholine rings is 1. The van der Waals surface area contributed by atoms with Crippen molar-refractivity contribution in [1.29, 1.82) is 0 Å². The van der Waals surface area contributed by atoms with E-state index >= 15 is 0 Å². The van der Waals surface area contributed by atoms with E-state index in [1.54, 1.807) is 0 Å². The molecule has 1 rings (SSSR count). The molecular weight excluding hydrogens is 262 g/mol. The Labute approximate surface area is 122 Å². The second-order valence-electron chi connectivity index (χ2n) is 5.36. The van der Waals surface area contributed by atoms with Crippen molar-refractivity contribution < 1.29 is 9.53 Å². The Morgan fingerprint density at radius 2 is 1.89 bits per heavy atom. The van der Waals surface area contributed by atoms with Crippen LogP contribution in [0.2, 0.25) is 0 Å². The minimum atomic E-state index is 0.0217. The van der Waals surface area contributed by atoms with Crippen molar-refractivity contribution in [2.24, 2.45) is 0 Å². The number of ether oxygens (including phenoxy) is 1. The summed E-state index contributed by atoms with van der Waals surface area (Å²) < 4.78 is 5.46. The number of carbonyl (C=O) groups is 1. The van der Waals surface area contributed by atoms with Gasteiger partial charge in [0.05, 0.1) is 18.6 Å². The van der Waals surface area contributed by atoms with Gasteiger partial charge in [0.15, 0.2) is 0 Å². The van der Waals surface area contributed by atoms with E-state index in [1.807, 2.05) is 4.90 Å². The second kappa shape index (κ2) is 10.5. The number of rotatable bonds is 9. The van der Waals surface area contributed by atoms with Gasteiger partial charge >= 0.3 is 0 Å². The van der Waals surface area contributed by atoms with Crippen LogP contribution in [-0.4, -0.2) is 42.5 Å². The molecule has 1 unspecified atom stereocenters. The maximum atomic E-state index is 12.0. The number of amides is 1. The van der Waals surface area contributed by atoms with Crippen LogP contribution in [-0.2, 0) is 9.53 Å². The van der Waals surface area contributed by atoms with Gasteiger partial charge in [-0.3, -0.25) is 4.79 Å². The zero-order valence-corrected chi connectivity index (χ0v) is 13.0. The Hall–Kier alpha value is -0.280. The first-order valence-electron chi connectivity index (χ1n) is 7.73. The van der Waals surface area contributed by atoms with Crippen molar-refractivity contribution in [3.8, 4) is 0 Å². The molecule has 1 saturated heterocycles. The normalized spacial score (nSPS) is 19.7. The van der Waals surface area contributed by atoms with Crippen molar-refractivity contribution in [1.82, 2.24) is 4.90 Å². The maximum Gasteiger partial charge on any atom is 0.222 e. The monoisotopic (exact) mass is 289 g/mol. The van der Waals surface area contributed by atoms with Gasteiger partial charge in [-0.25, -0.2) is 0 Å². The molecule has 0 aromatic heterocycles. The van der Waals surface area contributed by atoms with Crippen LogP contribution in [0, 0.1) is 0 Å². The maximum absolute atomic E-state index is 12.0. The fraction of sp³-hybridized carbons (Fsp3) is 0.933. The van der Waals surface area contributed by atoms with Crippen molar-refractivity contribution in [2.75, 3.05) is 25.6 Å². The molecule has 0 aromatic rings. The van der Waals surface area contributed by atoms with Gasteiger partial charge in [-0.1, -0.05) is 45.4 Å². The lowest BCUT2D eigenvalue weighted by molar-refractivity contribution is -0.138. The van der Waals surface area contributed by atoms with Crippen LogP contribution in [0.25, 0.3) is 0 Å². The smallest absolute Gasteiger partial charge is 0.222 e. The molecule has 0 aliphatic carbocycles. The van der Waals surface area contributed by atoms with E-state index < -0.39 is 0 Å². The Balaban J connectivity index is 2.04. The summed E-state index contributed by atoms with van der Waals surface area (Å²) in [7, 11) is 0. The molecule has 1 aliphatic heterocycles. The number of nitrogens with zero attached hydrogens (tertiary/aromatic N) is 1. The predicted octanol–water partition coefficient (Wildman–Crippen LogP) is 3.59. The summed E-state index contributed by atoms with van der Waals surface area (Å²) in [6.07, 6.45) is 9.45. The summed E-state index contributed by atoms with van der Waals surface area (Å²) in [6, 6.07) is 0. The number of halogens is 1. The quantitative estimate of drug-likeness (QED) is 0.479. The van der Waals surface area contributed by atoms with E-state index in [1.165, 1.54) is 38.5 Å². The highest BCUT2D eigenvalue weighted by Gasteiger charge is 2.22. The van der Waals surface area contributed by atoms with E-state index in [2.05, 4.69) is 6.92 Å². The summed E-state index contributed by atoms with van der Waals surface area (Å²) in [5, 5.41) is 0. The number of hydrogen-bond donors (Lipinski definition) is 0. The van der Waals surface area contributed by atoms with Crippen LogP contribution in [0.5, 0.6) is 0 Å².